The molecule has 0 saturated heterocycles. The molecule has 3 heterocycles. The summed E-state index contributed by atoms with van der Waals surface area (Å²) in [6, 6.07) is 24.1. The molecule has 7 nitrogen and oxygen atoms in total. The predicted octanol–water partition coefficient (Wildman–Crippen LogP) is 6.39. The Balaban J connectivity index is 1.42. The third-order valence-electron chi connectivity index (χ3n) is 7.05. The van der Waals surface area contributed by atoms with Crippen molar-refractivity contribution < 1.29 is 4.74 Å². The van der Waals surface area contributed by atoms with Crippen molar-refractivity contribution in [3.63, 3.8) is 0 Å². The summed E-state index contributed by atoms with van der Waals surface area (Å²) in [5, 5.41) is 9.48. The van der Waals surface area contributed by atoms with Gasteiger partial charge in [0.2, 0.25) is 4.96 Å². The summed E-state index contributed by atoms with van der Waals surface area (Å²) in [5.41, 5.74) is 6.37. The van der Waals surface area contributed by atoms with Crippen LogP contribution >= 0.6 is 11.3 Å². The molecule has 0 spiro atoms. The van der Waals surface area contributed by atoms with E-state index in [1.807, 2.05) is 84.5 Å². The molecule has 0 saturated carbocycles. The van der Waals surface area contributed by atoms with Crippen molar-refractivity contribution in [3.05, 3.63) is 123 Å². The second-order valence-corrected chi connectivity index (χ2v) is 12.2. The van der Waals surface area contributed by atoms with Crippen LogP contribution in [0.2, 0.25) is 0 Å². The minimum atomic E-state index is -0.206. The van der Waals surface area contributed by atoms with Crippen LogP contribution in [0.1, 0.15) is 37.5 Å². The standard InChI is InChI=1S/C34H31N5O2S/c1-6-18-41-28-17-14-24(19-22(28)2)30-25(21-38(36-30)27-10-8-7-9-11-27)20-29-32(40)39-33(42-29)35-31(37-39)23-12-15-26(16-13-23)34(3,4)5/h6-17,19-21H,1,18H2,2-5H3. The molecule has 0 atom stereocenters. The van der Waals surface area contributed by atoms with E-state index >= 15 is 0 Å². The van der Waals surface area contributed by atoms with Crippen LogP contribution in [0, 0.1) is 6.92 Å². The second kappa shape index (κ2) is 10.9. The quantitative estimate of drug-likeness (QED) is 0.207. The summed E-state index contributed by atoms with van der Waals surface area (Å²) in [7, 11) is 0. The number of hydrogen-bond donors (Lipinski definition) is 0. The zero-order valence-electron chi connectivity index (χ0n) is 24.0. The highest BCUT2D eigenvalue weighted by atomic mass is 32.1. The number of hydrogen-bond acceptors (Lipinski definition) is 6. The van der Waals surface area contributed by atoms with Crippen LogP contribution in [0.4, 0.5) is 0 Å². The first-order valence-electron chi connectivity index (χ1n) is 13.7. The predicted molar refractivity (Wildman–Crippen MR) is 169 cm³/mol. The van der Waals surface area contributed by atoms with Crippen LogP contribution < -0.4 is 14.8 Å². The van der Waals surface area contributed by atoms with Crippen LogP contribution in [-0.4, -0.2) is 31.0 Å². The normalized spacial score (nSPS) is 12.2. The zero-order valence-corrected chi connectivity index (χ0v) is 24.9. The van der Waals surface area contributed by atoms with Crippen LogP contribution in [0.15, 0.2) is 96.4 Å². The van der Waals surface area contributed by atoms with Gasteiger partial charge in [-0.15, -0.1) is 5.10 Å². The van der Waals surface area contributed by atoms with Gasteiger partial charge >= 0.3 is 0 Å². The molecule has 0 radical (unpaired) electrons. The molecule has 6 aromatic rings. The fraction of sp³-hybridized carbons (Fsp3) is 0.176. The summed E-state index contributed by atoms with van der Waals surface area (Å²) >= 11 is 1.32. The molecule has 3 aromatic carbocycles. The van der Waals surface area contributed by atoms with E-state index in [1.54, 1.807) is 6.08 Å². The van der Waals surface area contributed by atoms with Crippen molar-refractivity contribution in [3.8, 4) is 34.1 Å². The van der Waals surface area contributed by atoms with Crippen LogP contribution in [0.25, 0.3) is 39.4 Å². The molecule has 0 aliphatic carbocycles. The van der Waals surface area contributed by atoms with Gasteiger partial charge in [0.15, 0.2) is 5.82 Å². The van der Waals surface area contributed by atoms with Gasteiger partial charge in [0.25, 0.3) is 5.56 Å². The molecule has 8 heteroatoms. The summed E-state index contributed by atoms with van der Waals surface area (Å²) < 4.78 is 9.53. The van der Waals surface area contributed by atoms with Gasteiger partial charge in [-0.05, 0) is 59.9 Å². The van der Waals surface area contributed by atoms with Crippen molar-refractivity contribution in [1.29, 1.82) is 0 Å². The van der Waals surface area contributed by atoms with Gasteiger partial charge < -0.3 is 4.74 Å². The number of aryl methyl sites for hydroxylation is 1. The van der Waals surface area contributed by atoms with E-state index in [4.69, 9.17) is 9.84 Å². The number of rotatable bonds is 7. The molecule has 0 unspecified atom stereocenters. The van der Waals surface area contributed by atoms with Crippen molar-refractivity contribution in [1.82, 2.24) is 24.4 Å². The number of fused-ring (bicyclic) bond motifs is 1. The molecule has 0 aliphatic rings. The van der Waals surface area contributed by atoms with E-state index in [2.05, 4.69) is 49.6 Å². The van der Waals surface area contributed by atoms with Crippen LogP contribution in [-0.2, 0) is 5.41 Å². The molecule has 0 bridgehead atoms. The lowest BCUT2D eigenvalue weighted by Gasteiger charge is -2.18. The second-order valence-electron chi connectivity index (χ2n) is 11.2. The molecular weight excluding hydrogens is 542 g/mol. The summed E-state index contributed by atoms with van der Waals surface area (Å²) in [6.07, 6.45) is 5.54. The SMILES string of the molecule is C=CCOc1ccc(-c2nn(-c3ccccc3)cc2C=c2sc3nc(-c4ccc(C(C)(C)C)cc4)nn3c2=O)cc1C. The minimum absolute atomic E-state index is 0.0562. The largest absolute Gasteiger partial charge is 0.489 e. The lowest BCUT2D eigenvalue weighted by molar-refractivity contribution is 0.361. The van der Waals surface area contributed by atoms with Crippen molar-refractivity contribution in [2.45, 2.75) is 33.1 Å². The molecule has 210 valence electrons. The highest BCUT2D eigenvalue weighted by Gasteiger charge is 2.17. The zero-order chi connectivity index (χ0) is 29.4. The molecule has 0 amide bonds. The van der Waals surface area contributed by atoms with E-state index in [1.165, 1.54) is 21.4 Å². The first-order valence-corrected chi connectivity index (χ1v) is 14.5. The van der Waals surface area contributed by atoms with E-state index < -0.39 is 0 Å². The third kappa shape index (κ3) is 5.29. The van der Waals surface area contributed by atoms with Gasteiger partial charge in [0, 0.05) is 22.9 Å². The fourth-order valence-electron chi connectivity index (χ4n) is 4.75. The Morgan fingerprint density at radius 1 is 0.976 bits per heavy atom. The highest BCUT2D eigenvalue weighted by molar-refractivity contribution is 7.15. The number of thiazole rings is 1. The number of ether oxygens (including phenoxy) is 1. The maximum atomic E-state index is 13.5. The molecule has 0 fully saturated rings. The molecule has 0 aliphatic heterocycles. The Labute approximate surface area is 248 Å². The van der Waals surface area contributed by atoms with E-state index in [-0.39, 0.29) is 11.0 Å². The summed E-state index contributed by atoms with van der Waals surface area (Å²) in [5.74, 6) is 1.33. The van der Waals surface area contributed by atoms with Gasteiger partial charge in [-0.3, -0.25) is 4.79 Å². The van der Waals surface area contributed by atoms with Gasteiger partial charge in [0.1, 0.15) is 18.1 Å². The molecule has 6 rings (SSSR count). The average molecular weight is 574 g/mol. The Kier molecular flexibility index (Phi) is 7.08. The van der Waals surface area contributed by atoms with Gasteiger partial charge in [0.05, 0.1) is 10.2 Å². The van der Waals surface area contributed by atoms with Crippen molar-refractivity contribution >= 4 is 22.4 Å². The molecular formula is C34H31N5O2S. The number of para-hydroxylation sites is 1. The third-order valence-corrected chi connectivity index (χ3v) is 8.01. The fourth-order valence-corrected chi connectivity index (χ4v) is 5.65. The van der Waals surface area contributed by atoms with E-state index in [9.17, 15) is 4.79 Å². The Morgan fingerprint density at radius 2 is 1.71 bits per heavy atom. The average Bonchev–Trinajstić information content (AvgIpc) is 3.67. The minimum Gasteiger partial charge on any atom is -0.489 e. The van der Waals surface area contributed by atoms with Crippen molar-refractivity contribution in [2.24, 2.45) is 0 Å². The first-order chi connectivity index (χ1) is 20.2. The Hall–Kier alpha value is -4.82. The highest BCUT2D eigenvalue weighted by Crippen LogP contribution is 2.29. The van der Waals surface area contributed by atoms with E-state index in [0.717, 1.165) is 39.4 Å². The van der Waals surface area contributed by atoms with Gasteiger partial charge in [-0.25, -0.2) is 4.68 Å². The topological polar surface area (TPSA) is 74.3 Å². The first kappa shape index (κ1) is 27.4. The maximum Gasteiger partial charge on any atom is 0.291 e. The summed E-state index contributed by atoms with van der Waals surface area (Å²) in [4.78, 5) is 18.7. The molecule has 3 aromatic heterocycles. The van der Waals surface area contributed by atoms with Gasteiger partial charge in [-0.2, -0.15) is 14.6 Å². The number of nitrogens with zero attached hydrogens (tertiary/aromatic N) is 5. The lowest BCUT2D eigenvalue weighted by atomic mass is 9.87. The molecule has 42 heavy (non-hydrogen) atoms. The van der Waals surface area contributed by atoms with Crippen molar-refractivity contribution in [2.75, 3.05) is 6.61 Å². The Bertz CT molecular complexity index is 2010. The molecule has 0 N–H and O–H groups in total. The maximum absolute atomic E-state index is 13.5. The number of aromatic nitrogens is 5. The van der Waals surface area contributed by atoms with Crippen LogP contribution in [0.5, 0.6) is 5.75 Å². The summed E-state index contributed by atoms with van der Waals surface area (Å²) in [6.45, 7) is 12.7. The van der Waals surface area contributed by atoms with Crippen LogP contribution in [0.3, 0.4) is 0 Å². The smallest absolute Gasteiger partial charge is 0.291 e. The monoisotopic (exact) mass is 573 g/mol. The van der Waals surface area contributed by atoms with Gasteiger partial charge in [-0.1, -0.05) is 87.2 Å². The van der Waals surface area contributed by atoms with E-state index in [0.29, 0.717) is 21.9 Å². The number of benzene rings is 3. The Morgan fingerprint density at radius 3 is 2.38 bits per heavy atom. The lowest BCUT2D eigenvalue weighted by Crippen LogP contribution is -2.23.